The van der Waals surface area contributed by atoms with E-state index in [1.165, 1.54) is 0 Å². The Kier molecular flexibility index (Phi) is 1.66. The number of hydrogen-bond acceptors (Lipinski definition) is 2. The highest BCUT2D eigenvalue weighted by Crippen LogP contribution is 2.19. The lowest BCUT2D eigenvalue weighted by Crippen LogP contribution is -1.91. The Labute approximate surface area is 60.6 Å². The quantitative estimate of drug-likeness (QED) is 0.618. The fourth-order valence-electron chi connectivity index (χ4n) is 0.988. The van der Waals surface area contributed by atoms with E-state index >= 15 is 0 Å². The largest absolute Gasteiger partial charge is 0.384 e. The summed E-state index contributed by atoms with van der Waals surface area (Å²) >= 11 is 0. The van der Waals surface area contributed by atoms with Gasteiger partial charge in [-0.15, -0.1) is 0 Å². The van der Waals surface area contributed by atoms with Crippen molar-refractivity contribution in [1.29, 1.82) is 0 Å². The molecule has 0 bridgehead atoms. The molecule has 0 atom stereocenters. The lowest BCUT2D eigenvalue weighted by molar-refractivity contribution is 0.804. The first-order valence-corrected chi connectivity index (χ1v) is 3.43. The summed E-state index contributed by atoms with van der Waals surface area (Å²) in [6.45, 7) is 6.18. The number of nitrogens with zero attached hydrogens (tertiary/aromatic N) is 1. The number of anilines is 1. The van der Waals surface area contributed by atoms with Gasteiger partial charge in [-0.05, 0) is 12.8 Å². The zero-order valence-electron chi connectivity index (χ0n) is 6.60. The number of nitrogens with two attached hydrogens (primary N) is 1. The Morgan fingerprint density at radius 3 is 2.30 bits per heavy atom. The highest BCUT2D eigenvalue weighted by Gasteiger charge is 2.08. The van der Waals surface area contributed by atoms with Gasteiger partial charge in [0.2, 0.25) is 0 Å². The maximum atomic E-state index is 5.56. The third-order valence-corrected chi connectivity index (χ3v) is 1.63. The molecule has 1 aromatic rings. The first-order valence-electron chi connectivity index (χ1n) is 3.43. The molecular formula is C7H13N3. The maximum absolute atomic E-state index is 5.56. The minimum atomic E-state index is 0.452. The number of rotatable bonds is 1. The number of aromatic nitrogens is 2. The summed E-state index contributed by atoms with van der Waals surface area (Å²) in [5.41, 5.74) is 7.71. The van der Waals surface area contributed by atoms with E-state index in [-0.39, 0.29) is 0 Å². The second kappa shape index (κ2) is 2.33. The van der Waals surface area contributed by atoms with Gasteiger partial charge in [0.05, 0.1) is 5.69 Å². The summed E-state index contributed by atoms with van der Waals surface area (Å²) in [5.74, 6) is 1.14. The van der Waals surface area contributed by atoms with Crippen LogP contribution in [0.3, 0.4) is 0 Å². The van der Waals surface area contributed by atoms with Gasteiger partial charge in [-0.2, -0.15) is 5.10 Å². The maximum Gasteiger partial charge on any atom is 0.122 e. The topological polar surface area (TPSA) is 54.7 Å². The van der Waals surface area contributed by atoms with E-state index < -0.39 is 0 Å². The molecule has 1 aromatic heterocycles. The fraction of sp³-hybridized carbons (Fsp3) is 0.571. The van der Waals surface area contributed by atoms with Crippen molar-refractivity contribution in [3.8, 4) is 0 Å². The second-order valence-electron chi connectivity index (χ2n) is 2.80. The van der Waals surface area contributed by atoms with Crippen molar-refractivity contribution in [1.82, 2.24) is 10.2 Å². The fourth-order valence-corrected chi connectivity index (χ4v) is 0.988. The molecule has 3 N–H and O–H groups in total. The lowest BCUT2D eigenvalue weighted by atomic mass is 10.1. The molecule has 3 nitrogen and oxygen atoms in total. The molecule has 0 aliphatic heterocycles. The van der Waals surface area contributed by atoms with Crippen LogP contribution in [-0.2, 0) is 0 Å². The molecule has 0 unspecified atom stereocenters. The normalized spacial score (nSPS) is 10.8. The van der Waals surface area contributed by atoms with Gasteiger partial charge < -0.3 is 5.73 Å². The molecule has 56 valence electrons. The van der Waals surface area contributed by atoms with Crippen LogP contribution in [0.1, 0.15) is 31.0 Å². The van der Waals surface area contributed by atoms with Crippen molar-refractivity contribution < 1.29 is 0 Å². The Morgan fingerprint density at radius 2 is 2.10 bits per heavy atom. The van der Waals surface area contributed by atoms with Gasteiger partial charge in [-0.1, -0.05) is 13.8 Å². The first kappa shape index (κ1) is 7.12. The Morgan fingerprint density at radius 1 is 1.50 bits per heavy atom. The zero-order chi connectivity index (χ0) is 7.72. The van der Waals surface area contributed by atoms with Crippen molar-refractivity contribution in [3.05, 3.63) is 11.3 Å². The van der Waals surface area contributed by atoms with Crippen molar-refractivity contribution in [2.45, 2.75) is 26.7 Å². The van der Waals surface area contributed by atoms with Gasteiger partial charge in [-0.25, -0.2) is 0 Å². The minimum absolute atomic E-state index is 0.452. The van der Waals surface area contributed by atoms with E-state index in [4.69, 9.17) is 5.73 Å². The number of nitrogen functional groups attached to an aromatic ring is 1. The van der Waals surface area contributed by atoms with Gasteiger partial charge in [0.25, 0.3) is 0 Å². The number of nitrogens with one attached hydrogen (secondary N) is 1. The van der Waals surface area contributed by atoms with Crippen molar-refractivity contribution in [2.24, 2.45) is 0 Å². The molecule has 0 amide bonds. The third kappa shape index (κ3) is 0.988. The molecule has 0 aliphatic rings. The van der Waals surface area contributed by atoms with E-state index in [0.717, 1.165) is 11.3 Å². The van der Waals surface area contributed by atoms with Crippen LogP contribution >= 0.6 is 0 Å². The van der Waals surface area contributed by atoms with Crippen LogP contribution in [-0.4, -0.2) is 10.2 Å². The molecule has 1 rings (SSSR count). The van der Waals surface area contributed by atoms with Crippen molar-refractivity contribution >= 4 is 5.82 Å². The Balaban J connectivity index is 3.05. The van der Waals surface area contributed by atoms with Gasteiger partial charge >= 0.3 is 0 Å². The predicted octanol–water partition coefficient (Wildman–Crippen LogP) is 1.42. The molecule has 1 heterocycles. The van der Waals surface area contributed by atoms with E-state index in [1.807, 2.05) is 6.92 Å². The molecule has 0 radical (unpaired) electrons. The number of hydrogen-bond donors (Lipinski definition) is 2. The summed E-state index contributed by atoms with van der Waals surface area (Å²) in [7, 11) is 0. The average Bonchev–Trinajstić information content (AvgIpc) is 2.14. The molecule has 3 heteroatoms. The molecule has 0 saturated carbocycles. The van der Waals surface area contributed by atoms with Crippen molar-refractivity contribution in [2.75, 3.05) is 5.73 Å². The third-order valence-electron chi connectivity index (χ3n) is 1.63. The van der Waals surface area contributed by atoms with Gasteiger partial charge in [0.15, 0.2) is 0 Å². The van der Waals surface area contributed by atoms with Crippen LogP contribution in [0.15, 0.2) is 0 Å². The monoisotopic (exact) mass is 139 g/mol. The lowest BCUT2D eigenvalue weighted by Gasteiger charge is -1.99. The van der Waals surface area contributed by atoms with Crippen LogP contribution < -0.4 is 5.73 Å². The first-order chi connectivity index (χ1) is 4.63. The zero-order valence-corrected chi connectivity index (χ0v) is 6.60. The molecule has 0 fully saturated rings. The predicted molar refractivity (Wildman–Crippen MR) is 41.8 cm³/mol. The Hall–Kier alpha value is -0.990. The van der Waals surface area contributed by atoms with E-state index in [9.17, 15) is 0 Å². The van der Waals surface area contributed by atoms with E-state index in [2.05, 4.69) is 24.0 Å². The standard InChI is InChI=1S/C7H13N3/c1-4(2)6-5(3)7(8)10-9-6/h4H,1-3H3,(H3,8,9,10). The highest BCUT2D eigenvalue weighted by molar-refractivity contribution is 5.41. The van der Waals surface area contributed by atoms with Crippen LogP contribution in [0, 0.1) is 6.92 Å². The van der Waals surface area contributed by atoms with E-state index in [0.29, 0.717) is 11.7 Å². The summed E-state index contributed by atoms with van der Waals surface area (Å²) in [6.07, 6.45) is 0. The summed E-state index contributed by atoms with van der Waals surface area (Å²) in [4.78, 5) is 0. The van der Waals surface area contributed by atoms with Crippen LogP contribution in [0.25, 0.3) is 0 Å². The molecule has 0 spiro atoms. The average molecular weight is 139 g/mol. The smallest absolute Gasteiger partial charge is 0.122 e. The van der Waals surface area contributed by atoms with E-state index in [1.54, 1.807) is 0 Å². The van der Waals surface area contributed by atoms with Crippen LogP contribution in [0.5, 0.6) is 0 Å². The Bertz CT molecular complexity index is 225. The van der Waals surface area contributed by atoms with Gasteiger partial charge in [-0.3, -0.25) is 5.10 Å². The molecule has 0 aromatic carbocycles. The summed E-state index contributed by atoms with van der Waals surface area (Å²) in [5, 5.41) is 6.81. The molecular weight excluding hydrogens is 126 g/mol. The van der Waals surface area contributed by atoms with Crippen LogP contribution in [0.4, 0.5) is 5.82 Å². The van der Waals surface area contributed by atoms with Crippen molar-refractivity contribution in [3.63, 3.8) is 0 Å². The molecule has 10 heavy (non-hydrogen) atoms. The second-order valence-corrected chi connectivity index (χ2v) is 2.80. The summed E-state index contributed by atoms with van der Waals surface area (Å²) < 4.78 is 0. The van der Waals surface area contributed by atoms with Crippen LogP contribution in [0.2, 0.25) is 0 Å². The number of H-pyrrole nitrogens is 1. The molecule has 0 aliphatic carbocycles. The number of aromatic amines is 1. The highest BCUT2D eigenvalue weighted by atomic mass is 15.2. The summed E-state index contributed by atoms with van der Waals surface area (Å²) in [6, 6.07) is 0. The minimum Gasteiger partial charge on any atom is -0.384 e. The van der Waals surface area contributed by atoms with Gasteiger partial charge in [0.1, 0.15) is 5.82 Å². The van der Waals surface area contributed by atoms with Gasteiger partial charge in [0, 0.05) is 5.56 Å². The molecule has 0 saturated heterocycles. The SMILES string of the molecule is Cc1c(C(C)C)n[nH]c1N.